The van der Waals surface area contributed by atoms with Crippen molar-refractivity contribution in [1.82, 2.24) is 15.0 Å². The summed E-state index contributed by atoms with van der Waals surface area (Å²) in [7, 11) is 0. The van der Waals surface area contributed by atoms with E-state index in [4.69, 9.17) is 19.5 Å². The van der Waals surface area contributed by atoms with Gasteiger partial charge in [0.2, 0.25) is 11.9 Å². The molecule has 166 valence electrons. The third-order valence-corrected chi connectivity index (χ3v) is 5.07. The van der Waals surface area contributed by atoms with Gasteiger partial charge in [0.05, 0.1) is 25.2 Å². The molecule has 3 atom stereocenters. The van der Waals surface area contributed by atoms with Crippen LogP contribution in [0.5, 0.6) is 0 Å². The maximum atomic E-state index is 12.3. The van der Waals surface area contributed by atoms with Gasteiger partial charge in [0.1, 0.15) is 0 Å². The molecule has 0 aliphatic carbocycles. The van der Waals surface area contributed by atoms with Crippen molar-refractivity contribution in [2.75, 3.05) is 31.1 Å². The van der Waals surface area contributed by atoms with Crippen molar-refractivity contribution >= 4 is 17.8 Å². The van der Waals surface area contributed by atoms with E-state index in [1.54, 1.807) is 12.4 Å². The zero-order chi connectivity index (χ0) is 21.7. The molecular weight excluding hydrogens is 409 g/mol. The normalized spacial score (nSPS) is 26.0. The van der Waals surface area contributed by atoms with Crippen LogP contribution in [0, 0.1) is 5.92 Å². The van der Waals surface area contributed by atoms with Crippen molar-refractivity contribution in [3.8, 4) is 0 Å². The van der Waals surface area contributed by atoms with Crippen molar-refractivity contribution < 1.29 is 37.4 Å². The molecule has 1 amide bonds. The van der Waals surface area contributed by atoms with Gasteiger partial charge in [0.25, 0.3) is 0 Å². The van der Waals surface area contributed by atoms with Gasteiger partial charge in [-0.25, -0.2) is 19.8 Å². The molecule has 3 aliphatic heterocycles. The molecule has 1 aromatic rings. The van der Waals surface area contributed by atoms with Gasteiger partial charge in [0, 0.05) is 37.9 Å². The Hall–Kier alpha value is -2.47. The fourth-order valence-corrected chi connectivity index (χ4v) is 3.70. The summed E-state index contributed by atoms with van der Waals surface area (Å²) in [6, 6.07) is 1.82. The number of aliphatic carboxylic acids is 1. The topological polar surface area (TPSA) is 105 Å². The van der Waals surface area contributed by atoms with Crippen LogP contribution >= 0.6 is 0 Å². The molecule has 12 heteroatoms. The molecule has 0 saturated carbocycles. The Balaban J connectivity index is 0.000000318. The lowest BCUT2D eigenvalue weighted by Gasteiger charge is -2.27. The number of rotatable bonds is 3. The van der Waals surface area contributed by atoms with E-state index in [2.05, 4.69) is 14.9 Å². The number of carbonyl (C=O) groups excluding carboxylic acids is 1. The highest BCUT2D eigenvalue weighted by atomic mass is 19.4. The Labute approximate surface area is 170 Å². The number of fused-ring (bicyclic) bond motifs is 1. The summed E-state index contributed by atoms with van der Waals surface area (Å²) < 4.78 is 37.8. The molecule has 9 nitrogen and oxygen atoms in total. The summed E-state index contributed by atoms with van der Waals surface area (Å²) in [5.41, 5.74) is 0. The highest BCUT2D eigenvalue weighted by Gasteiger charge is 2.43. The summed E-state index contributed by atoms with van der Waals surface area (Å²) in [5, 5.41) is 8.64. The molecule has 0 aromatic carbocycles. The number of halogens is 3. The first-order chi connectivity index (χ1) is 14.2. The molecule has 0 unspecified atom stereocenters. The van der Waals surface area contributed by atoms with E-state index in [0.29, 0.717) is 25.5 Å². The highest BCUT2D eigenvalue weighted by molar-refractivity contribution is 5.75. The number of hydrogen-bond acceptors (Lipinski definition) is 7. The van der Waals surface area contributed by atoms with Crippen molar-refractivity contribution in [3.05, 3.63) is 18.5 Å². The van der Waals surface area contributed by atoms with E-state index in [-0.39, 0.29) is 18.1 Å². The number of hydroxylamine groups is 2. The molecule has 3 aliphatic rings. The van der Waals surface area contributed by atoms with E-state index in [1.807, 2.05) is 6.07 Å². The Bertz CT molecular complexity index is 716. The van der Waals surface area contributed by atoms with Crippen molar-refractivity contribution in [2.24, 2.45) is 5.92 Å². The van der Waals surface area contributed by atoms with E-state index in [9.17, 15) is 18.0 Å². The fraction of sp³-hybridized carbons (Fsp3) is 0.667. The van der Waals surface area contributed by atoms with Crippen molar-refractivity contribution in [3.63, 3.8) is 0 Å². The van der Waals surface area contributed by atoms with E-state index >= 15 is 0 Å². The fourth-order valence-electron chi connectivity index (χ4n) is 3.70. The van der Waals surface area contributed by atoms with Gasteiger partial charge < -0.3 is 14.7 Å². The lowest BCUT2D eigenvalue weighted by Crippen LogP contribution is -2.37. The summed E-state index contributed by atoms with van der Waals surface area (Å²) in [5.74, 6) is -1.48. The number of aromatic nitrogens is 2. The van der Waals surface area contributed by atoms with Gasteiger partial charge >= 0.3 is 12.1 Å². The molecule has 3 saturated heterocycles. The third kappa shape index (κ3) is 5.79. The Morgan fingerprint density at radius 1 is 1.20 bits per heavy atom. The number of hydrogen-bond donors (Lipinski definition) is 1. The molecular formula is C18H23F3N4O5. The Kier molecular flexibility index (Phi) is 7.08. The highest BCUT2D eigenvalue weighted by Crippen LogP contribution is 2.35. The maximum absolute atomic E-state index is 12.3. The lowest BCUT2D eigenvalue weighted by atomic mass is 10.0. The van der Waals surface area contributed by atoms with Crippen LogP contribution in [-0.2, 0) is 19.2 Å². The minimum Gasteiger partial charge on any atom is -0.475 e. The first-order valence-electron chi connectivity index (χ1n) is 9.65. The maximum Gasteiger partial charge on any atom is 0.490 e. The number of carbonyl (C=O) groups is 2. The molecule has 0 bridgehead atoms. The predicted molar refractivity (Wildman–Crippen MR) is 96.2 cm³/mol. The third-order valence-electron chi connectivity index (χ3n) is 5.07. The number of ether oxygens (including phenoxy) is 1. The minimum atomic E-state index is -5.08. The van der Waals surface area contributed by atoms with Crippen LogP contribution < -0.4 is 4.90 Å². The smallest absolute Gasteiger partial charge is 0.475 e. The van der Waals surface area contributed by atoms with E-state index < -0.39 is 12.1 Å². The summed E-state index contributed by atoms with van der Waals surface area (Å²) in [6.45, 7) is 3.06. The van der Waals surface area contributed by atoms with Gasteiger partial charge in [-0.2, -0.15) is 13.2 Å². The van der Waals surface area contributed by atoms with Crippen LogP contribution in [0.15, 0.2) is 18.5 Å². The number of anilines is 1. The number of carboxylic acids is 1. The molecule has 0 radical (unpaired) electrons. The molecule has 30 heavy (non-hydrogen) atoms. The van der Waals surface area contributed by atoms with Crippen LogP contribution in [0.3, 0.4) is 0 Å². The Morgan fingerprint density at radius 2 is 1.90 bits per heavy atom. The molecule has 1 N–H and O–H groups in total. The van der Waals surface area contributed by atoms with Gasteiger partial charge in [-0.3, -0.25) is 9.63 Å². The van der Waals surface area contributed by atoms with Crippen LogP contribution in [0.4, 0.5) is 19.1 Å². The number of carboxylic acid groups (broad SMARTS) is 1. The Morgan fingerprint density at radius 3 is 2.47 bits per heavy atom. The number of alkyl halides is 3. The standard InChI is InChI=1S/C16H22N4O3.C2HF3O2/c21-15(20-6-1-2-7-22-20)9-13-8-12-10-19(11-14(12)23-13)16-17-4-3-5-18-16;3-2(4,5)1(6)7/h3-5,12-14H,1-2,6-11H2;(H,6,7)/t12-,13-,14+;/m0./s1. The average molecular weight is 432 g/mol. The zero-order valence-electron chi connectivity index (χ0n) is 16.1. The van der Waals surface area contributed by atoms with Gasteiger partial charge in [0.15, 0.2) is 0 Å². The number of nitrogens with zero attached hydrogens (tertiary/aromatic N) is 4. The molecule has 4 heterocycles. The second kappa shape index (κ2) is 9.56. The minimum absolute atomic E-state index is 0.0156. The van der Waals surface area contributed by atoms with Crippen molar-refractivity contribution in [1.29, 1.82) is 0 Å². The first kappa shape index (κ1) is 22.2. The second-order valence-corrected chi connectivity index (χ2v) is 7.29. The SMILES string of the molecule is O=C(C[C@@H]1C[C@H]2CN(c3ncccn3)C[C@H]2O1)N1CCCCO1.O=C(O)C(F)(F)F. The average Bonchev–Trinajstić information content (AvgIpc) is 3.28. The quantitative estimate of drug-likeness (QED) is 0.769. The second-order valence-electron chi connectivity index (χ2n) is 7.29. The molecule has 1 aromatic heterocycles. The predicted octanol–water partition coefficient (Wildman–Crippen LogP) is 1.65. The lowest BCUT2D eigenvalue weighted by molar-refractivity contribution is -0.199. The number of amides is 1. The van der Waals surface area contributed by atoms with Crippen LogP contribution in [0.2, 0.25) is 0 Å². The van der Waals surface area contributed by atoms with E-state index in [0.717, 1.165) is 38.3 Å². The first-order valence-corrected chi connectivity index (χ1v) is 9.65. The van der Waals surface area contributed by atoms with Crippen molar-refractivity contribution in [2.45, 2.75) is 44.1 Å². The molecule has 0 spiro atoms. The van der Waals surface area contributed by atoms with E-state index in [1.165, 1.54) is 5.06 Å². The summed E-state index contributed by atoms with van der Waals surface area (Å²) in [4.78, 5) is 37.3. The van der Waals surface area contributed by atoms with Crippen LogP contribution in [0.25, 0.3) is 0 Å². The zero-order valence-corrected chi connectivity index (χ0v) is 16.1. The summed E-state index contributed by atoms with van der Waals surface area (Å²) in [6.07, 6.45) is 2.04. The van der Waals surface area contributed by atoms with Gasteiger partial charge in [-0.15, -0.1) is 0 Å². The summed E-state index contributed by atoms with van der Waals surface area (Å²) >= 11 is 0. The molecule has 4 rings (SSSR count). The largest absolute Gasteiger partial charge is 0.490 e. The van der Waals surface area contributed by atoms with Crippen LogP contribution in [0.1, 0.15) is 25.7 Å². The van der Waals surface area contributed by atoms with Gasteiger partial charge in [-0.05, 0) is 25.3 Å². The monoisotopic (exact) mass is 432 g/mol. The molecule has 3 fully saturated rings. The van der Waals surface area contributed by atoms with Gasteiger partial charge in [-0.1, -0.05) is 0 Å². The van der Waals surface area contributed by atoms with Crippen LogP contribution in [-0.4, -0.2) is 76.6 Å².